The Labute approximate surface area is 108 Å². The highest BCUT2D eigenvalue weighted by Gasteiger charge is 2.36. The van der Waals surface area contributed by atoms with E-state index in [1.807, 2.05) is 0 Å². The third-order valence-electron chi connectivity index (χ3n) is 1.85. The maximum Gasteiger partial charge on any atom is 0.525 e. The van der Waals surface area contributed by atoms with E-state index in [1.54, 1.807) is 0 Å². The molecule has 1 aromatic rings. The standard InChI is InChI=1S/C6H4N3O10P/c10-7(11)3-1-4(8(12)13)6(19-20(16,17)18)5(2-3)9(14)15/h1-2H,(H2,16,17,18). The minimum atomic E-state index is -5.34. The van der Waals surface area contributed by atoms with Gasteiger partial charge in [0.25, 0.3) is 11.4 Å². The molecule has 0 bridgehead atoms. The zero-order valence-electron chi connectivity index (χ0n) is 9.10. The third kappa shape index (κ3) is 3.44. The molecule has 0 fully saturated rings. The van der Waals surface area contributed by atoms with Crippen molar-refractivity contribution in [1.29, 1.82) is 0 Å². The van der Waals surface area contributed by atoms with E-state index >= 15 is 0 Å². The second-order valence-electron chi connectivity index (χ2n) is 3.17. The molecule has 0 unspecified atom stereocenters. The van der Waals surface area contributed by atoms with Crippen LogP contribution in [0.5, 0.6) is 5.75 Å². The summed E-state index contributed by atoms with van der Waals surface area (Å²) in [6, 6.07) is 0.579. The van der Waals surface area contributed by atoms with Crippen LogP contribution >= 0.6 is 7.82 Å². The Balaban J connectivity index is 3.68. The van der Waals surface area contributed by atoms with Crippen molar-refractivity contribution < 1.29 is 33.6 Å². The number of rotatable bonds is 5. The van der Waals surface area contributed by atoms with Crippen molar-refractivity contribution >= 4 is 24.9 Å². The van der Waals surface area contributed by atoms with Gasteiger partial charge in [0.1, 0.15) is 0 Å². The minimum Gasteiger partial charge on any atom is -0.389 e. The zero-order valence-corrected chi connectivity index (χ0v) is 10.00. The van der Waals surface area contributed by atoms with Crippen molar-refractivity contribution in [3.05, 3.63) is 42.5 Å². The normalized spacial score (nSPS) is 10.9. The van der Waals surface area contributed by atoms with Crippen molar-refractivity contribution in [3.63, 3.8) is 0 Å². The summed E-state index contributed by atoms with van der Waals surface area (Å²) in [5, 5.41) is 31.9. The van der Waals surface area contributed by atoms with E-state index in [0.717, 1.165) is 0 Å². The molecule has 1 aromatic carbocycles. The minimum absolute atomic E-state index is 0.290. The van der Waals surface area contributed by atoms with E-state index in [2.05, 4.69) is 4.52 Å². The van der Waals surface area contributed by atoms with E-state index in [4.69, 9.17) is 9.79 Å². The summed E-state index contributed by atoms with van der Waals surface area (Å²) in [6.45, 7) is 0. The average molecular weight is 309 g/mol. The van der Waals surface area contributed by atoms with Gasteiger partial charge in [-0.25, -0.2) is 4.57 Å². The Bertz CT molecular complexity index is 615. The number of non-ortho nitro benzene ring substituents is 1. The predicted octanol–water partition coefficient (Wildman–Crippen LogP) is 0.883. The highest BCUT2D eigenvalue weighted by Crippen LogP contribution is 2.48. The molecule has 0 aromatic heterocycles. The van der Waals surface area contributed by atoms with Gasteiger partial charge in [-0.1, -0.05) is 0 Å². The second kappa shape index (κ2) is 5.16. The quantitative estimate of drug-likeness (QED) is 0.447. The Morgan fingerprint density at radius 1 is 0.950 bits per heavy atom. The summed E-state index contributed by atoms with van der Waals surface area (Å²) in [6.07, 6.45) is 0. The molecule has 0 atom stereocenters. The molecule has 0 radical (unpaired) electrons. The molecule has 0 spiro atoms. The van der Waals surface area contributed by atoms with Crippen LogP contribution in [-0.2, 0) is 4.57 Å². The lowest BCUT2D eigenvalue weighted by atomic mass is 10.2. The number of nitro groups is 3. The highest BCUT2D eigenvalue weighted by atomic mass is 31.2. The van der Waals surface area contributed by atoms with Crippen LogP contribution in [0.4, 0.5) is 17.1 Å². The first-order valence-electron chi connectivity index (χ1n) is 4.39. The van der Waals surface area contributed by atoms with Gasteiger partial charge >= 0.3 is 19.2 Å². The monoisotopic (exact) mass is 309 g/mol. The molecule has 0 amide bonds. The molecule has 108 valence electrons. The van der Waals surface area contributed by atoms with Gasteiger partial charge in [-0.05, 0) is 0 Å². The Kier molecular flexibility index (Phi) is 3.98. The van der Waals surface area contributed by atoms with Crippen molar-refractivity contribution in [1.82, 2.24) is 0 Å². The van der Waals surface area contributed by atoms with E-state index in [1.165, 1.54) is 0 Å². The zero-order chi connectivity index (χ0) is 15.7. The number of nitrogens with zero attached hydrogens (tertiary/aromatic N) is 3. The summed E-state index contributed by atoms with van der Waals surface area (Å²) < 4.78 is 14.5. The summed E-state index contributed by atoms with van der Waals surface area (Å²) in [7, 11) is -5.34. The molecule has 0 aliphatic heterocycles. The molecule has 2 N–H and O–H groups in total. The first-order chi connectivity index (χ1) is 9.03. The first-order valence-corrected chi connectivity index (χ1v) is 5.92. The lowest BCUT2D eigenvalue weighted by molar-refractivity contribution is -0.404. The molecule has 0 aliphatic carbocycles. The molecule has 0 aliphatic rings. The van der Waals surface area contributed by atoms with E-state index in [0.29, 0.717) is 0 Å². The van der Waals surface area contributed by atoms with Crippen molar-refractivity contribution in [2.24, 2.45) is 0 Å². The SMILES string of the molecule is O=[N+]([O-])c1cc([N+](=O)[O-])c(OP(=O)(O)O)c([N+](=O)[O-])c1. The average Bonchev–Trinajstić information content (AvgIpc) is 2.25. The predicted molar refractivity (Wildman–Crippen MR) is 59.1 cm³/mol. The van der Waals surface area contributed by atoms with Crippen LogP contribution in [0.15, 0.2) is 12.1 Å². The lowest BCUT2D eigenvalue weighted by Gasteiger charge is -2.07. The van der Waals surface area contributed by atoms with Gasteiger partial charge in [0.05, 0.1) is 26.9 Å². The molecule has 0 saturated carbocycles. The van der Waals surface area contributed by atoms with Gasteiger partial charge in [0.2, 0.25) is 0 Å². The fraction of sp³-hybridized carbons (Fsp3) is 0. The molecular weight excluding hydrogens is 305 g/mol. The maximum atomic E-state index is 10.7. The van der Waals surface area contributed by atoms with Crippen LogP contribution in [0.1, 0.15) is 0 Å². The topological polar surface area (TPSA) is 196 Å². The number of benzene rings is 1. The van der Waals surface area contributed by atoms with Crippen LogP contribution in [0.2, 0.25) is 0 Å². The van der Waals surface area contributed by atoms with Gasteiger partial charge in [-0.15, -0.1) is 0 Å². The molecule has 14 heteroatoms. The maximum absolute atomic E-state index is 10.7. The van der Waals surface area contributed by atoms with Crippen LogP contribution < -0.4 is 4.52 Å². The molecular formula is C6H4N3O10P. The smallest absolute Gasteiger partial charge is 0.389 e. The lowest BCUT2D eigenvalue weighted by Crippen LogP contribution is -2.02. The molecule has 0 saturated heterocycles. The summed E-state index contributed by atoms with van der Waals surface area (Å²) in [5.41, 5.74) is -3.62. The number of hydrogen-bond donors (Lipinski definition) is 2. The van der Waals surface area contributed by atoms with Crippen LogP contribution in [0, 0.1) is 30.3 Å². The molecule has 20 heavy (non-hydrogen) atoms. The highest BCUT2D eigenvalue weighted by molar-refractivity contribution is 7.46. The van der Waals surface area contributed by atoms with Crippen molar-refractivity contribution in [2.75, 3.05) is 0 Å². The largest absolute Gasteiger partial charge is 0.525 e. The number of phosphoric acid groups is 1. The van der Waals surface area contributed by atoms with Gasteiger partial charge in [0, 0.05) is 0 Å². The van der Waals surface area contributed by atoms with E-state index in [9.17, 15) is 34.9 Å². The van der Waals surface area contributed by atoms with Gasteiger partial charge < -0.3 is 4.52 Å². The molecule has 13 nitrogen and oxygen atoms in total. The van der Waals surface area contributed by atoms with Crippen LogP contribution in [0.25, 0.3) is 0 Å². The summed E-state index contributed by atoms with van der Waals surface area (Å²) in [5.74, 6) is -1.36. The number of nitro benzene ring substituents is 3. The van der Waals surface area contributed by atoms with Gasteiger partial charge in [-0.2, -0.15) is 0 Å². The first kappa shape index (κ1) is 15.4. The van der Waals surface area contributed by atoms with Crippen molar-refractivity contribution in [2.45, 2.75) is 0 Å². The summed E-state index contributed by atoms with van der Waals surface area (Å²) >= 11 is 0. The van der Waals surface area contributed by atoms with Crippen molar-refractivity contribution in [3.8, 4) is 5.75 Å². The third-order valence-corrected chi connectivity index (χ3v) is 2.27. The van der Waals surface area contributed by atoms with E-state index < -0.39 is 45.4 Å². The second-order valence-corrected chi connectivity index (χ2v) is 4.33. The number of phosphoric ester groups is 1. The van der Waals surface area contributed by atoms with Gasteiger partial charge in [-0.3, -0.25) is 40.1 Å². The molecule has 0 heterocycles. The Morgan fingerprint density at radius 2 is 1.35 bits per heavy atom. The fourth-order valence-corrected chi connectivity index (χ4v) is 1.60. The van der Waals surface area contributed by atoms with Gasteiger partial charge in [0.15, 0.2) is 0 Å². The Morgan fingerprint density at radius 3 is 1.60 bits per heavy atom. The van der Waals surface area contributed by atoms with Crippen LogP contribution in [0.3, 0.4) is 0 Å². The van der Waals surface area contributed by atoms with Crippen LogP contribution in [-0.4, -0.2) is 24.6 Å². The van der Waals surface area contributed by atoms with E-state index in [-0.39, 0.29) is 12.1 Å². The summed E-state index contributed by atoms with van der Waals surface area (Å²) in [4.78, 5) is 45.3. The molecule has 1 rings (SSSR count). The number of hydrogen-bond acceptors (Lipinski definition) is 8. The fourth-order valence-electron chi connectivity index (χ4n) is 1.17. The Hall–Kier alpha value is -2.63.